The van der Waals surface area contributed by atoms with Gasteiger partial charge in [0.15, 0.2) is 9.84 Å². The first kappa shape index (κ1) is 13.9. The number of carbonyl (C=O) groups is 1. The van der Waals surface area contributed by atoms with Crippen molar-refractivity contribution in [1.29, 1.82) is 0 Å². The van der Waals surface area contributed by atoms with E-state index in [1.54, 1.807) is 0 Å². The Bertz CT molecular complexity index is 569. The number of benzene rings is 1. The molecule has 1 aromatic rings. The van der Waals surface area contributed by atoms with Gasteiger partial charge in [-0.1, -0.05) is 11.6 Å². The standard InChI is InChI=1S/C9H7ClF2O4S/c1-17(15,16)7-3-5(9(13)14)4(8(11)12)2-6(7)10/h2-3,8H,1H3,(H,13,14). The van der Waals surface area contributed by atoms with Crippen molar-refractivity contribution in [3.63, 3.8) is 0 Å². The molecule has 0 amide bonds. The van der Waals surface area contributed by atoms with Gasteiger partial charge >= 0.3 is 5.97 Å². The fourth-order valence-electron chi connectivity index (χ4n) is 1.22. The molecule has 0 fully saturated rings. The Kier molecular flexibility index (Phi) is 3.73. The van der Waals surface area contributed by atoms with E-state index in [-0.39, 0.29) is 0 Å². The van der Waals surface area contributed by atoms with E-state index in [0.717, 1.165) is 6.26 Å². The summed E-state index contributed by atoms with van der Waals surface area (Å²) in [6.45, 7) is 0. The molecule has 17 heavy (non-hydrogen) atoms. The third-order valence-corrected chi connectivity index (χ3v) is 3.53. The maximum Gasteiger partial charge on any atom is 0.336 e. The Morgan fingerprint density at radius 2 is 1.94 bits per heavy atom. The number of hydrogen-bond acceptors (Lipinski definition) is 3. The fraction of sp³-hybridized carbons (Fsp3) is 0.222. The van der Waals surface area contributed by atoms with Crippen LogP contribution >= 0.6 is 11.6 Å². The van der Waals surface area contributed by atoms with Crippen LogP contribution in [0.2, 0.25) is 5.02 Å². The first-order chi connectivity index (χ1) is 7.64. The van der Waals surface area contributed by atoms with Crippen LogP contribution < -0.4 is 0 Å². The molecule has 0 saturated heterocycles. The van der Waals surface area contributed by atoms with Crippen molar-refractivity contribution in [2.75, 3.05) is 6.26 Å². The summed E-state index contributed by atoms with van der Waals surface area (Å²) in [4.78, 5) is 10.3. The van der Waals surface area contributed by atoms with Crippen LogP contribution in [0, 0.1) is 0 Å². The molecule has 1 rings (SSSR count). The average molecular weight is 285 g/mol. The number of sulfone groups is 1. The van der Waals surface area contributed by atoms with Gasteiger partial charge in [0.2, 0.25) is 0 Å². The lowest BCUT2D eigenvalue weighted by molar-refractivity contribution is 0.0684. The molecule has 0 aliphatic rings. The number of aromatic carboxylic acids is 1. The molecule has 0 unspecified atom stereocenters. The van der Waals surface area contributed by atoms with E-state index in [0.29, 0.717) is 12.1 Å². The van der Waals surface area contributed by atoms with Crippen molar-refractivity contribution in [3.05, 3.63) is 28.3 Å². The molecule has 0 atom stereocenters. The Morgan fingerprint density at radius 3 is 2.29 bits per heavy atom. The first-order valence-electron chi connectivity index (χ1n) is 4.19. The van der Waals surface area contributed by atoms with E-state index in [9.17, 15) is 22.0 Å². The van der Waals surface area contributed by atoms with Crippen LogP contribution in [-0.2, 0) is 9.84 Å². The van der Waals surface area contributed by atoms with Crippen LogP contribution in [0.3, 0.4) is 0 Å². The lowest BCUT2D eigenvalue weighted by Crippen LogP contribution is -2.07. The minimum atomic E-state index is -3.77. The Hall–Kier alpha value is -1.21. The molecule has 0 aliphatic carbocycles. The molecule has 0 aromatic heterocycles. The van der Waals surface area contributed by atoms with Gasteiger partial charge < -0.3 is 5.11 Å². The molecule has 94 valence electrons. The van der Waals surface area contributed by atoms with Crippen LogP contribution in [0.1, 0.15) is 22.3 Å². The zero-order chi connectivity index (χ0) is 13.4. The topological polar surface area (TPSA) is 71.4 Å². The van der Waals surface area contributed by atoms with Crippen molar-refractivity contribution >= 4 is 27.4 Å². The zero-order valence-corrected chi connectivity index (χ0v) is 10.0. The van der Waals surface area contributed by atoms with Crippen LogP contribution in [0.15, 0.2) is 17.0 Å². The van der Waals surface area contributed by atoms with Gasteiger partial charge in [-0.2, -0.15) is 0 Å². The summed E-state index contributed by atoms with van der Waals surface area (Å²) >= 11 is 5.53. The number of halogens is 3. The number of carboxylic acid groups (broad SMARTS) is 1. The van der Waals surface area contributed by atoms with Crippen LogP contribution in [0.25, 0.3) is 0 Å². The van der Waals surface area contributed by atoms with Crippen molar-refractivity contribution in [1.82, 2.24) is 0 Å². The molecule has 1 aromatic carbocycles. The minimum absolute atomic E-state index is 0.423. The largest absolute Gasteiger partial charge is 0.478 e. The van der Waals surface area contributed by atoms with Gasteiger partial charge in [-0.05, 0) is 12.1 Å². The van der Waals surface area contributed by atoms with Crippen molar-refractivity contribution < 1.29 is 27.1 Å². The molecular weight excluding hydrogens is 278 g/mol. The third-order valence-electron chi connectivity index (χ3n) is 1.97. The summed E-state index contributed by atoms with van der Waals surface area (Å²) in [6.07, 6.45) is -2.24. The fourth-order valence-corrected chi connectivity index (χ4v) is 2.56. The molecule has 0 spiro atoms. The molecule has 1 N–H and O–H groups in total. The lowest BCUT2D eigenvalue weighted by Gasteiger charge is -2.09. The second kappa shape index (κ2) is 4.58. The highest BCUT2D eigenvalue weighted by molar-refractivity contribution is 7.90. The van der Waals surface area contributed by atoms with Gasteiger partial charge in [0.05, 0.1) is 15.5 Å². The van der Waals surface area contributed by atoms with Gasteiger partial charge in [-0.25, -0.2) is 22.0 Å². The van der Waals surface area contributed by atoms with Crippen molar-refractivity contribution in [2.24, 2.45) is 0 Å². The van der Waals surface area contributed by atoms with E-state index in [2.05, 4.69) is 0 Å². The van der Waals surface area contributed by atoms with E-state index >= 15 is 0 Å². The predicted molar refractivity (Wildman–Crippen MR) is 56.5 cm³/mol. The Balaban J connectivity index is 3.63. The zero-order valence-electron chi connectivity index (χ0n) is 8.45. The van der Waals surface area contributed by atoms with Crippen molar-refractivity contribution in [3.8, 4) is 0 Å². The minimum Gasteiger partial charge on any atom is -0.478 e. The maximum absolute atomic E-state index is 12.5. The molecule has 0 radical (unpaired) electrons. The smallest absolute Gasteiger partial charge is 0.336 e. The van der Waals surface area contributed by atoms with E-state index in [4.69, 9.17) is 16.7 Å². The SMILES string of the molecule is CS(=O)(=O)c1cc(C(=O)O)c(C(F)F)cc1Cl. The first-order valence-corrected chi connectivity index (χ1v) is 6.46. The second-order valence-corrected chi connectivity index (χ2v) is 5.64. The molecule has 4 nitrogen and oxygen atoms in total. The number of rotatable bonds is 3. The number of alkyl halides is 2. The normalized spacial score (nSPS) is 11.8. The second-order valence-electron chi connectivity index (χ2n) is 3.25. The highest BCUT2D eigenvalue weighted by atomic mass is 35.5. The van der Waals surface area contributed by atoms with Gasteiger partial charge in [0.1, 0.15) is 0 Å². The monoisotopic (exact) mass is 284 g/mol. The van der Waals surface area contributed by atoms with E-state index < -0.39 is 43.3 Å². The highest BCUT2D eigenvalue weighted by Crippen LogP contribution is 2.31. The summed E-state index contributed by atoms with van der Waals surface area (Å²) in [6, 6.07) is 1.30. The lowest BCUT2D eigenvalue weighted by atomic mass is 10.1. The Labute approximate surface area is 101 Å². The molecule has 0 saturated carbocycles. The molecule has 0 bridgehead atoms. The summed E-state index contributed by atoms with van der Waals surface area (Å²) in [5.74, 6) is -1.64. The van der Waals surface area contributed by atoms with Gasteiger partial charge in [0.25, 0.3) is 6.43 Å². The quantitative estimate of drug-likeness (QED) is 0.925. The van der Waals surface area contributed by atoms with E-state index in [1.165, 1.54) is 0 Å². The predicted octanol–water partition coefficient (Wildman–Crippen LogP) is 2.38. The molecule has 0 heterocycles. The summed E-state index contributed by atoms with van der Waals surface area (Å²) < 4.78 is 47.5. The van der Waals surface area contributed by atoms with E-state index in [1.807, 2.05) is 0 Å². The molecule has 8 heteroatoms. The maximum atomic E-state index is 12.5. The van der Waals surface area contributed by atoms with Crippen LogP contribution in [0.5, 0.6) is 0 Å². The average Bonchev–Trinajstić information content (AvgIpc) is 2.14. The summed E-state index contributed by atoms with van der Waals surface area (Å²) in [5, 5.41) is 8.30. The van der Waals surface area contributed by atoms with Crippen molar-refractivity contribution in [2.45, 2.75) is 11.3 Å². The number of carboxylic acids is 1. The molecule has 0 aliphatic heterocycles. The Morgan fingerprint density at radius 1 is 1.41 bits per heavy atom. The van der Waals surface area contributed by atoms with Gasteiger partial charge in [-0.3, -0.25) is 0 Å². The summed E-state index contributed by atoms with van der Waals surface area (Å²) in [7, 11) is -3.77. The number of hydrogen-bond donors (Lipinski definition) is 1. The van der Waals surface area contributed by atoms with Gasteiger partial charge in [-0.15, -0.1) is 0 Å². The third kappa shape index (κ3) is 2.92. The highest BCUT2D eigenvalue weighted by Gasteiger charge is 2.23. The van der Waals surface area contributed by atoms with Gasteiger partial charge in [0, 0.05) is 11.8 Å². The van der Waals surface area contributed by atoms with Crippen LogP contribution in [-0.4, -0.2) is 25.7 Å². The summed E-state index contributed by atoms with van der Waals surface area (Å²) in [5.41, 5.74) is -1.58. The van der Waals surface area contributed by atoms with Crippen LogP contribution in [0.4, 0.5) is 8.78 Å². The molecular formula is C9H7ClF2O4S.